The van der Waals surface area contributed by atoms with E-state index in [0.717, 1.165) is 27.6 Å². The molecule has 0 amide bonds. The number of thiophene rings is 2. The molecule has 0 atom stereocenters. The SMILES string of the molecule is c1ccc(P23(Oc4c(c5ccccc5c5ccccc45)O2)c2ccsc2-c2sccc23)cc1. The van der Waals surface area contributed by atoms with Crippen molar-refractivity contribution in [3.8, 4) is 21.3 Å². The Bertz CT molecular complexity index is 1640. The van der Waals surface area contributed by atoms with Gasteiger partial charge in [0.2, 0.25) is 0 Å². The molecule has 1 spiro atoms. The van der Waals surface area contributed by atoms with Crippen LogP contribution in [0.4, 0.5) is 0 Å². The molecule has 0 unspecified atom stereocenters. The van der Waals surface area contributed by atoms with Crippen molar-refractivity contribution in [3.05, 3.63) is 102 Å². The Kier molecular flexibility index (Phi) is 3.34. The van der Waals surface area contributed by atoms with Crippen molar-refractivity contribution in [2.75, 3.05) is 0 Å². The average Bonchev–Trinajstić information content (AvgIpc) is 3.65. The molecular formula is C28H17O2PS2. The van der Waals surface area contributed by atoms with Crippen LogP contribution in [0.2, 0.25) is 0 Å². The first-order chi connectivity index (χ1) is 16.3. The normalized spacial score (nSPS) is 17.6. The van der Waals surface area contributed by atoms with Gasteiger partial charge in [-0.05, 0) is 0 Å². The molecule has 5 heteroatoms. The Labute approximate surface area is 198 Å². The monoisotopic (exact) mass is 480 g/mol. The van der Waals surface area contributed by atoms with Gasteiger partial charge in [-0.3, -0.25) is 0 Å². The van der Waals surface area contributed by atoms with Crippen molar-refractivity contribution in [1.29, 1.82) is 0 Å². The molecule has 4 heterocycles. The number of benzene rings is 4. The zero-order valence-electron chi connectivity index (χ0n) is 17.4. The van der Waals surface area contributed by atoms with Crippen molar-refractivity contribution in [3.63, 3.8) is 0 Å². The maximum atomic E-state index is 7.44. The molecule has 0 N–H and O–H groups in total. The van der Waals surface area contributed by atoms with Crippen LogP contribution in [0.25, 0.3) is 31.3 Å². The van der Waals surface area contributed by atoms with E-state index < -0.39 is 7.06 Å². The number of fused-ring (bicyclic) bond motifs is 11. The van der Waals surface area contributed by atoms with E-state index in [9.17, 15) is 0 Å². The molecule has 0 fully saturated rings. The summed E-state index contributed by atoms with van der Waals surface area (Å²) in [6.45, 7) is 0. The molecule has 2 nitrogen and oxygen atoms in total. The molecule has 2 aromatic heterocycles. The summed E-state index contributed by atoms with van der Waals surface area (Å²) in [7, 11) is -3.67. The van der Waals surface area contributed by atoms with E-state index in [2.05, 4.69) is 102 Å². The van der Waals surface area contributed by atoms with Gasteiger partial charge in [0.1, 0.15) is 0 Å². The second-order valence-corrected chi connectivity index (χ2v) is 14.1. The second-order valence-electron chi connectivity index (χ2n) is 8.50. The Morgan fingerprint density at radius 1 is 0.485 bits per heavy atom. The Hall–Kier alpha value is -3.17. The molecule has 0 radical (unpaired) electrons. The summed E-state index contributed by atoms with van der Waals surface area (Å²) in [6, 6.07) is 32.1. The van der Waals surface area contributed by atoms with Crippen molar-refractivity contribution in [2.45, 2.75) is 0 Å². The predicted octanol–water partition coefficient (Wildman–Crippen LogP) is 7.23. The van der Waals surface area contributed by atoms with Crippen LogP contribution in [0.3, 0.4) is 0 Å². The van der Waals surface area contributed by atoms with Crippen LogP contribution in [0, 0.1) is 0 Å². The molecule has 0 aliphatic carbocycles. The summed E-state index contributed by atoms with van der Waals surface area (Å²) in [5, 5.41) is 12.5. The third-order valence-electron chi connectivity index (χ3n) is 6.97. The minimum atomic E-state index is -3.67. The minimum absolute atomic E-state index is 0.863. The molecule has 158 valence electrons. The number of rotatable bonds is 1. The summed E-state index contributed by atoms with van der Waals surface area (Å²) in [4.78, 5) is 2.56. The fourth-order valence-electron chi connectivity index (χ4n) is 5.62. The van der Waals surface area contributed by atoms with E-state index in [1.165, 1.54) is 31.1 Å². The van der Waals surface area contributed by atoms with E-state index in [0.29, 0.717) is 0 Å². The molecule has 8 rings (SSSR count). The fourth-order valence-corrected chi connectivity index (χ4v) is 13.9. The zero-order chi connectivity index (χ0) is 21.6. The molecule has 0 saturated heterocycles. The van der Waals surface area contributed by atoms with Gasteiger partial charge in [-0.2, -0.15) is 0 Å². The van der Waals surface area contributed by atoms with Gasteiger partial charge in [0.25, 0.3) is 0 Å². The van der Waals surface area contributed by atoms with Gasteiger partial charge < -0.3 is 0 Å². The summed E-state index contributed by atoms with van der Waals surface area (Å²) in [5.41, 5.74) is 0. The number of hydrogen-bond acceptors (Lipinski definition) is 4. The second kappa shape index (κ2) is 6.03. The van der Waals surface area contributed by atoms with Crippen molar-refractivity contribution < 1.29 is 9.05 Å². The van der Waals surface area contributed by atoms with Crippen molar-refractivity contribution in [2.24, 2.45) is 0 Å². The summed E-state index contributed by atoms with van der Waals surface area (Å²) >= 11 is 3.56. The van der Waals surface area contributed by atoms with E-state index in [1.54, 1.807) is 22.7 Å². The van der Waals surface area contributed by atoms with Crippen LogP contribution in [-0.4, -0.2) is 0 Å². The molecule has 33 heavy (non-hydrogen) atoms. The Morgan fingerprint density at radius 2 is 0.939 bits per heavy atom. The molecule has 4 aromatic carbocycles. The molecule has 0 bridgehead atoms. The van der Waals surface area contributed by atoms with E-state index >= 15 is 0 Å². The summed E-state index contributed by atoms with van der Waals surface area (Å²) in [5.74, 6) is 1.73. The van der Waals surface area contributed by atoms with Gasteiger partial charge >= 0.3 is 199 Å². The quantitative estimate of drug-likeness (QED) is 0.183. The van der Waals surface area contributed by atoms with Crippen LogP contribution in [-0.2, 0) is 0 Å². The van der Waals surface area contributed by atoms with E-state index in [1.807, 2.05) is 0 Å². The van der Waals surface area contributed by atoms with Crippen molar-refractivity contribution in [1.82, 2.24) is 0 Å². The van der Waals surface area contributed by atoms with Crippen molar-refractivity contribution >= 4 is 67.2 Å². The Balaban J connectivity index is 1.59. The van der Waals surface area contributed by atoms with Crippen LogP contribution in [0.5, 0.6) is 11.5 Å². The van der Waals surface area contributed by atoms with Crippen LogP contribution in [0.1, 0.15) is 0 Å². The van der Waals surface area contributed by atoms with Crippen LogP contribution >= 0.6 is 29.7 Å². The summed E-state index contributed by atoms with van der Waals surface area (Å²) in [6.07, 6.45) is 0. The van der Waals surface area contributed by atoms with E-state index in [-0.39, 0.29) is 0 Å². The van der Waals surface area contributed by atoms with Gasteiger partial charge in [0, 0.05) is 0 Å². The summed E-state index contributed by atoms with van der Waals surface area (Å²) < 4.78 is 14.9. The molecule has 2 aliphatic heterocycles. The van der Waals surface area contributed by atoms with Gasteiger partial charge in [-0.1, -0.05) is 0 Å². The predicted molar refractivity (Wildman–Crippen MR) is 143 cm³/mol. The van der Waals surface area contributed by atoms with Crippen LogP contribution < -0.4 is 25.0 Å². The molecule has 2 aliphatic rings. The topological polar surface area (TPSA) is 18.5 Å². The molecular weight excluding hydrogens is 463 g/mol. The maximum absolute atomic E-state index is 7.44. The number of hydrogen-bond donors (Lipinski definition) is 0. The first-order valence-corrected chi connectivity index (χ1v) is 14.7. The zero-order valence-corrected chi connectivity index (χ0v) is 19.9. The van der Waals surface area contributed by atoms with Crippen LogP contribution in [0.15, 0.2) is 102 Å². The first kappa shape index (κ1) is 18.3. The fraction of sp³-hybridized carbons (Fsp3) is 0. The van der Waals surface area contributed by atoms with Gasteiger partial charge in [-0.15, -0.1) is 0 Å². The first-order valence-electron chi connectivity index (χ1n) is 10.9. The molecule has 6 aromatic rings. The molecule has 0 saturated carbocycles. The standard InChI is InChI=1S/C28H17O2PS2/c1-2-8-18(9-3-1)31(23-14-16-32-27(23)28-24(31)15-17-33-28)29-25-21-12-6-4-10-19(21)20-11-5-7-13-22(20)26(25)30-31/h1-17H. The average molecular weight is 481 g/mol. The van der Waals surface area contributed by atoms with E-state index in [4.69, 9.17) is 9.05 Å². The van der Waals surface area contributed by atoms with Gasteiger partial charge in [-0.25, -0.2) is 0 Å². The Morgan fingerprint density at radius 3 is 1.45 bits per heavy atom. The van der Waals surface area contributed by atoms with Gasteiger partial charge in [0.05, 0.1) is 0 Å². The van der Waals surface area contributed by atoms with Gasteiger partial charge in [0.15, 0.2) is 0 Å². The third-order valence-corrected chi connectivity index (χ3v) is 14.1. The third kappa shape index (κ3) is 1.96.